The van der Waals surface area contributed by atoms with E-state index >= 15 is 0 Å². The SMILES string of the molecule is O=C(Nc1ccc(S(F)(F)(F)(F)F)cc1)C1C=CCCN1I. The molecule has 1 aliphatic heterocycles. The molecule has 1 aromatic carbocycles. The molecule has 0 spiro atoms. The lowest BCUT2D eigenvalue weighted by Crippen LogP contribution is -2.39. The number of hydrogen-bond donors (Lipinski definition) is 1. The molecule has 0 fully saturated rings. The highest BCUT2D eigenvalue weighted by molar-refractivity contribution is 14.1. The van der Waals surface area contributed by atoms with Crippen molar-refractivity contribution in [3.8, 4) is 0 Å². The molecule has 0 saturated carbocycles. The van der Waals surface area contributed by atoms with Crippen LogP contribution in [0, 0.1) is 0 Å². The first-order valence-corrected chi connectivity index (χ1v) is 9.02. The van der Waals surface area contributed by atoms with Crippen molar-refractivity contribution in [1.29, 1.82) is 0 Å². The standard InChI is InChI=1S/C12H12F5IN2OS/c13-22(14,15,16,17)10-6-4-9(5-7-10)19-12(21)11-3-1-2-8-20(11)18/h1,3-7,11H,2,8H2,(H,19,21). The number of halogens is 6. The molecular weight excluding hydrogens is 442 g/mol. The maximum Gasteiger partial charge on any atom is 0.310 e. The number of benzene rings is 1. The Morgan fingerprint density at radius 3 is 2.27 bits per heavy atom. The van der Waals surface area contributed by atoms with Gasteiger partial charge in [-0.05, 0) is 30.7 Å². The summed E-state index contributed by atoms with van der Waals surface area (Å²) in [4.78, 5) is 10.0. The number of anilines is 1. The Morgan fingerprint density at radius 1 is 1.18 bits per heavy atom. The van der Waals surface area contributed by atoms with E-state index in [-0.39, 0.29) is 17.8 Å². The van der Waals surface area contributed by atoms with Gasteiger partial charge < -0.3 is 5.32 Å². The molecule has 0 aromatic heterocycles. The van der Waals surface area contributed by atoms with E-state index in [1.165, 1.54) is 0 Å². The molecule has 1 N–H and O–H groups in total. The van der Waals surface area contributed by atoms with E-state index < -0.39 is 27.1 Å². The fourth-order valence-corrected chi connectivity index (χ4v) is 3.25. The number of amides is 1. The van der Waals surface area contributed by atoms with Gasteiger partial charge in [0.15, 0.2) is 0 Å². The third kappa shape index (κ3) is 4.32. The van der Waals surface area contributed by atoms with Crippen molar-refractivity contribution in [3.63, 3.8) is 0 Å². The second-order valence-corrected chi connectivity index (χ2v) is 8.42. The Bertz CT molecular complexity index is 617. The molecule has 0 radical (unpaired) electrons. The van der Waals surface area contributed by atoms with Crippen LogP contribution in [-0.4, -0.2) is 21.6 Å². The molecule has 0 saturated heterocycles. The highest BCUT2D eigenvalue weighted by Crippen LogP contribution is 3.02. The molecule has 1 atom stereocenters. The van der Waals surface area contributed by atoms with E-state index in [1.807, 2.05) is 28.9 Å². The number of rotatable bonds is 3. The van der Waals surface area contributed by atoms with Crippen molar-refractivity contribution < 1.29 is 24.2 Å². The summed E-state index contributed by atoms with van der Waals surface area (Å²) in [5.74, 6) is -0.439. The predicted molar refractivity (Wildman–Crippen MR) is 84.7 cm³/mol. The van der Waals surface area contributed by atoms with E-state index in [0.29, 0.717) is 6.54 Å². The van der Waals surface area contributed by atoms with Crippen LogP contribution in [0.5, 0.6) is 0 Å². The topological polar surface area (TPSA) is 32.3 Å². The summed E-state index contributed by atoms with van der Waals surface area (Å²) in [5.41, 5.74) is 0.0272. The summed E-state index contributed by atoms with van der Waals surface area (Å²) < 4.78 is 64.6. The van der Waals surface area contributed by atoms with Crippen LogP contribution in [-0.2, 0) is 4.79 Å². The lowest BCUT2D eigenvalue weighted by Gasteiger charge is -2.40. The second kappa shape index (κ2) is 5.06. The highest BCUT2D eigenvalue weighted by atomic mass is 127. The van der Waals surface area contributed by atoms with Crippen LogP contribution in [0.2, 0.25) is 0 Å². The molecule has 0 bridgehead atoms. The van der Waals surface area contributed by atoms with Gasteiger partial charge in [0.2, 0.25) is 5.91 Å². The first-order valence-electron chi connectivity index (χ1n) is 6.11. The lowest BCUT2D eigenvalue weighted by atomic mass is 10.1. The average molecular weight is 454 g/mol. The van der Waals surface area contributed by atoms with Crippen molar-refractivity contribution in [1.82, 2.24) is 3.11 Å². The van der Waals surface area contributed by atoms with E-state index in [4.69, 9.17) is 0 Å². The Hall–Kier alpha value is -0.880. The summed E-state index contributed by atoms with van der Waals surface area (Å²) in [7, 11) is -9.68. The molecule has 10 heteroatoms. The molecule has 1 heterocycles. The van der Waals surface area contributed by atoms with Crippen LogP contribution >= 0.6 is 33.1 Å². The van der Waals surface area contributed by atoms with E-state index in [1.54, 1.807) is 9.19 Å². The monoisotopic (exact) mass is 454 g/mol. The van der Waals surface area contributed by atoms with Crippen LogP contribution in [0.4, 0.5) is 25.1 Å². The zero-order valence-electron chi connectivity index (χ0n) is 11.0. The summed E-state index contributed by atoms with van der Waals surface area (Å²) in [5, 5.41) is 2.41. The Morgan fingerprint density at radius 2 is 1.77 bits per heavy atom. The zero-order valence-corrected chi connectivity index (χ0v) is 14.0. The van der Waals surface area contributed by atoms with Crippen LogP contribution in [0.25, 0.3) is 0 Å². The highest BCUT2D eigenvalue weighted by Gasteiger charge is 2.65. The Balaban J connectivity index is 2.14. The normalized spacial score (nSPS) is 22.7. The number of nitrogens with zero attached hydrogens (tertiary/aromatic N) is 1. The van der Waals surface area contributed by atoms with Gasteiger partial charge >= 0.3 is 10.2 Å². The molecule has 1 aliphatic rings. The van der Waals surface area contributed by atoms with Gasteiger partial charge in [-0.2, -0.15) is 0 Å². The number of hydrogen-bond acceptors (Lipinski definition) is 2. The number of carbonyl (C=O) groups is 1. The maximum atomic E-state index is 12.6. The molecule has 1 aromatic rings. The molecule has 1 unspecified atom stereocenters. The smallest absolute Gasteiger partial charge is 0.310 e. The van der Waals surface area contributed by atoms with Gasteiger partial charge in [0, 0.05) is 35.1 Å². The van der Waals surface area contributed by atoms with Gasteiger partial charge in [0.1, 0.15) is 10.9 Å². The van der Waals surface area contributed by atoms with E-state index in [9.17, 15) is 24.2 Å². The van der Waals surface area contributed by atoms with Gasteiger partial charge in [0.05, 0.1) is 0 Å². The van der Waals surface area contributed by atoms with Crippen LogP contribution < -0.4 is 5.32 Å². The van der Waals surface area contributed by atoms with E-state index in [0.717, 1.165) is 18.6 Å². The fourth-order valence-electron chi connectivity index (χ4n) is 1.88. The van der Waals surface area contributed by atoms with Gasteiger partial charge in [-0.25, -0.2) is 3.11 Å². The summed E-state index contributed by atoms with van der Waals surface area (Å²) in [6.07, 6.45) is 4.30. The van der Waals surface area contributed by atoms with Gasteiger partial charge in [-0.15, -0.1) is 0 Å². The molecular formula is C12H12F5IN2OS. The third-order valence-corrected chi connectivity index (χ3v) is 5.21. The third-order valence-electron chi connectivity index (χ3n) is 2.97. The first-order chi connectivity index (χ1) is 9.86. The van der Waals surface area contributed by atoms with Crippen LogP contribution in [0.3, 0.4) is 0 Å². The Labute approximate surface area is 137 Å². The van der Waals surface area contributed by atoms with Crippen molar-refractivity contribution in [2.45, 2.75) is 17.4 Å². The lowest BCUT2D eigenvalue weighted by molar-refractivity contribution is -0.118. The maximum absolute atomic E-state index is 12.6. The molecule has 2 rings (SSSR count). The molecule has 22 heavy (non-hydrogen) atoms. The van der Waals surface area contributed by atoms with Gasteiger partial charge in [0.25, 0.3) is 0 Å². The second-order valence-electron chi connectivity index (χ2n) is 4.77. The largest absolute Gasteiger partial charge is 0.324 e. The molecule has 1 amide bonds. The summed E-state index contributed by atoms with van der Waals surface area (Å²) in [6.45, 7) is 0.665. The van der Waals surface area contributed by atoms with Gasteiger partial charge in [-0.1, -0.05) is 31.6 Å². The minimum atomic E-state index is -9.68. The molecule has 0 aliphatic carbocycles. The summed E-state index contributed by atoms with van der Waals surface area (Å²) >= 11 is 1.97. The zero-order chi connectivity index (χ0) is 16.7. The van der Waals surface area contributed by atoms with Crippen molar-refractivity contribution in [2.24, 2.45) is 0 Å². The fraction of sp³-hybridized carbons (Fsp3) is 0.250. The van der Waals surface area contributed by atoms with Crippen LogP contribution in [0.1, 0.15) is 6.42 Å². The summed E-state index contributed by atoms with van der Waals surface area (Å²) in [6, 6.07) is 1.63. The average Bonchev–Trinajstić information content (AvgIpc) is 2.37. The molecule has 124 valence electrons. The van der Waals surface area contributed by atoms with Crippen LogP contribution in [0.15, 0.2) is 41.3 Å². The minimum absolute atomic E-state index is 0.0272. The number of nitrogens with one attached hydrogen (secondary N) is 1. The van der Waals surface area contributed by atoms with Crippen molar-refractivity contribution in [2.75, 3.05) is 11.9 Å². The van der Waals surface area contributed by atoms with Crippen molar-refractivity contribution >= 4 is 44.7 Å². The first kappa shape index (κ1) is 17.5. The predicted octanol–water partition coefficient (Wildman–Crippen LogP) is 5.26. The van der Waals surface area contributed by atoms with Gasteiger partial charge in [-0.3, -0.25) is 4.79 Å². The molecule has 3 nitrogen and oxygen atoms in total. The van der Waals surface area contributed by atoms with Crippen molar-refractivity contribution in [3.05, 3.63) is 36.4 Å². The number of carbonyl (C=O) groups excluding carboxylic acids is 1. The minimum Gasteiger partial charge on any atom is -0.324 e. The Kier molecular flexibility index (Phi) is 4.02. The van der Waals surface area contributed by atoms with E-state index in [2.05, 4.69) is 5.32 Å². The quantitative estimate of drug-likeness (QED) is 0.293.